The first-order valence-electron chi connectivity index (χ1n) is 7.69. The van der Waals surface area contributed by atoms with Crippen LogP contribution in [0.3, 0.4) is 0 Å². The smallest absolute Gasteiger partial charge is 0.241 e. The molecule has 0 saturated carbocycles. The SMILES string of the molecule is CNC(C)CNC(=O)CCNS(=O)(=O)c1c(C)cc(C)cc1C. The number of nitrogens with one attached hydrogen (secondary N) is 3. The molecule has 130 valence electrons. The van der Waals surface area contributed by atoms with Crippen LogP contribution in [-0.4, -0.2) is 40.5 Å². The Balaban J connectivity index is 2.62. The van der Waals surface area contributed by atoms with Gasteiger partial charge in [0.05, 0.1) is 4.90 Å². The van der Waals surface area contributed by atoms with Crippen molar-refractivity contribution in [2.45, 2.75) is 45.1 Å². The van der Waals surface area contributed by atoms with E-state index in [1.54, 1.807) is 13.8 Å². The van der Waals surface area contributed by atoms with Crippen molar-refractivity contribution in [3.8, 4) is 0 Å². The number of sulfonamides is 1. The second kappa shape index (κ2) is 8.42. The van der Waals surface area contributed by atoms with Crippen molar-refractivity contribution in [1.82, 2.24) is 15.4 Å². The van der Waals surface area contributed by atoms with Gasteiger partial charge in [-0.2, -0.15) is 0 Å². The summed E-state index contributed by atoms with van der Waals surface area (Å²) in [6, 6.07) is 3.86. The first-order chi connectivity index (χ1) is 10.7. The monoisotopic (exact) mass is 341 g/mol. The summed E-state index contributed by atoms with van der Waals surface area (Å²) in [6.07, 6.45) is 0.111. The Morgan fingerprint density at radius 1 is 1.17 bits per heavy atom. The molecule has 0 bridgehead atoms. The Labute approximate surface area is 139 Å². The van der Waals surface area contributed by atoms with Gasteiger partial charge in [0, 0.05) is 25.6 Å². The zero-order valence-corrected chi connectivity index (χ0v) is 15.3. The first-order valence-corrected chi connectivity index (χ1v) is 9.17. The van der Waals surface area contributed by atoms with E-state index in [1.165, 1.54) is 0 Å². The maximum Gasteiger partial charge on any atom is 0.241 e. The molecule has 3 N–H and O–H groups in total. The molecule has 0 saturated heterocycles. The highest BCUT2D eigenvalue weighted by Gasteiger charge is 2.19. The lowest BCUT2D eigenvalue weighted by Gasteiger charge is -2.14. The lowest BCUT2D eigenvalue weighted by Crippen LogP contribution is -2.38. The number of benzene rings is 1. The van der Waals surface area contributed by atoms with Crippen LogP contribution in [0, 0.1) is 20.8 Å². The summed E-state index contributed by atoms with van der Waals surface area (Å²) in [5.74, 6) is -0.174. The minimum absolute atomic E-state index is 0.0782. The van der Waals surface area contributed by atoms with Gasteiger partial charge in [-0.1, -0.05) is 17.7 Å². The summed E-state index contributed by atoms with van der Waals surface area (Å²) >= 11 is 0. The van der Waals surface area contributed by atoms with E-state index in [1.807, 2.05) is 33.0 Å². The van der Waals surface area contributed by atoms with Gasteiger partial charge in [0.25, 0.3) is 0 Å². The molecule has 0 aliphatic carbocycles. The maximum atomic E-state index is 12.4. The average Bonchev–Trinajstić information content (AvgIpc) is 2.42. The number of hydrogen-bond acceptors (Lipinski definition) is 4. The highest BCUT2D eigenvalue weighted by atomic mass is 32.2. The van der Waals surface area contributed by atoms with Gasteiger partial charge in [0.2, 0.25) is 15.9 Å². The Morgan fingerprint density at radius 2 is 1.74 bits per heavy atom. The molecular weight excluding hydrogens is 314 g/mol. The van der Waals surface area contributed by atoms with Gasteiger partial charge in [0.15, 0.2) is 0 Å². The van der Waals surface area contributed by atoms with Crippen LogP contribution >= 0.6 is 0 Å². The lowest BCUT2D eigenvalue weighted by atomic mass is 10.1. The molecule has 0 aliphatic rings. The van der Waals surface area contributed by atoms with Gasteiger partial charge >= 0.3 is 0 Å². The van der Waals surface area contributed by atoms with E-state index in [2.05, 4.69) is 15.4 Å². The van der Waals surface area contributed by atoms with Crippen molar-refractivity contribution in [3.05, 3.63) is 28.8 Å². The minimum Gasteiger partial charge on any atom is -0.355 e. The van der Waals surface area contributed by atoms with E-state index in [0.717, 1.165) is 5.56 Å². The molecule has 23 heavy (non-hydrogen) atoms. The normalized spacial score (nSPS) is 12.9. The topological polar surface area (TPSA) is 87.3 Å². The van der Waals surface area contributed by atoms with Crippen molar-refractivity contribution in [2.75, 3.05) is 20.1 Å². The van der Waals surface area contributed by atoms with E-state index >= 15 is 0 Å². The Bertz CT molecular complexity index is 634. The zero-order chi connectivity index (χ0) is 17.6. The molecule has 1 amide bonds. The van der Waals surface area contributed by atoms with Crippen molar-refractivity contribution in [2.24, 2.45) is 0 Å². The molecule has 1 atom stereocenters. The van der Waals surface area contributed by atoms with Crippen molar-refractivity contribution < 1.29 is 13.2 Å². The molecule has 0 aromatic heterocycles. The van der Waals surface area contributed by atoms with Gasteiger partial charge in [-0.05, 0) is 45.9 Å². The van der Waals surface area contributed by atoms with Crippen molar-refractivity contribution in [3.63, 3.8) is 0 Å². The molecule has 0 spiro atoms. The van der Waals surface area contributed by atoms with Crippen LogP contribution in [0.25, 0.3) is 0 Å². The number of rotatable bonds is 8. The molecule has 1 aromatic carbocycles. The van der Waals surface area contributed by atoms with Gasteiger partial charge < -0.3 is 10.6 Å². The Kier molecular flexibility index (Phi) is 7.18. The number of amides is 1. The van der Waals surface area contributed by atoms with Gasteiger partial charge in [-0.15, -0.1) is 0 Å². The average molecular weight is 341 g/mol. The highest BCUT2D eigenvalue weighted by molar-refractivity contribution is 7.89. The van der Waals surface area contributed by atoms with Gasteiger partial charge in [-0.3, -0.25) is 4.79 Å². The summed E-state index contributed by atoms with van der Waals surface area (Å²) in [6.45, 7) is 8.03. The van der Waals surface area contributed by atoms with Crippen molar-refractivity contribution in [1.29, 1.82) is 0 Å². The lowest BCUT2D eigenvalue weighted by molar-refractivity contribution is -0.121. The third kappa shape index (κ3) is 5.93. The number of carbonyl (C=O) groups excluding carboxylic acids is 1. The second-order valence-corrected chi connectivity index (χ2v) is 7.57. The fourth-order valence-corrected chi connectivity index (χ4v) is 3.90. The molecule has 0 heterocycles. The fraction of sp³-hybridized carbons (Fsp3) is 0.562. The van der Waals surface area contributed by atoms with Crippen LogP contribution in [0.5, 0.6) is 0 Å². The van der Waals surface area contributed by atoms with Crippen LogP contribution in [0.1, 0.15) is 30.0 Å². The van der Waals surface area contributed by atoms with Crippen LogP contribution < -0.4 is 15.4 Å². The molecule has 1 aromatic rings. The van der Waals surface area contributed by atoms with Gasteiger partial charge in [0.1, 0.15) is 0 Å². The number of aryl methyl sites for hydroxylation is 3. The number of carbonyl (C=O) groups is 1. The van der Waals surface area contributed by atoms with E-state index in [4.69, 9.17) is 0 Å². The van der Waals surface area contributed by atoms with Crippen LogP contribution in [-0.2, 0) is 14.8 Å². The van der Waals surface area contributed by atoms with Crippen molar-refractivity contribution >= 4 is 15.9 Å². The Hall–Kier alpha value is -1.44. The zero-order valence-electron chi connectivity index (χ0n) is 14.5. The predicted octanol–water partition coefficient (Wildman–Crippen LogP) is 1.00. The first kappa shape index (κ1) is 19.6. The fourth-order valence-electron chi connectivity index (χ4n) is 2.42. The minimum atomic E-state index is -3.61. The molecule has 7 heteroatoms. The third-order valence-electron chi connectivity index (χ3n) is 3.62. The molecule has 6 nitrogen and oxygen atoms in total. The Morgan fingerprint density at radius 3 is 2.26 bits per heavy atom. The van der Waals surface area contributed by atoms with Crippen LogP contribution in [0.4, 0.5) is 0 Å². The summed E-state index contributed by atoms with van der Waals surface area (Å²) in [7, 11) is -1.80. The largest absolute Gasteiger partial charge is 0.355 e. The quantitative estimate of drug-likeness (QED) is 0.658. The van der Waals surface area contributed by atoms with Gasteiger partial charge in [-0.25, -0.2) is 13.1 Å². The number of hydrogen-bond donors (Lipinski definition) is 3. The molecule has 0 aliphatic heterocycles. The molecule has 1 unspecified atom stereocenters. The van der Waals surface area contributed by atoms with Crippen LogP contribution in [0.2, 0.25) is 0 Å². The summed E-state index contributed by atoms with van der Waals surface area (Å²) in [5, 5.41) is 5.77. The highest BCUT2D eigenvalue weighted by Crippen LogP contribution is 2.21. The predicted molar refractivity (Wildman–Crippen MR) is 92.0 cm³/mol. The van der Waals surface area contributed by atoms with Crippen LogP contribution in [0.15, 0.2) is 17.0 Å². The van der Waals surface area contributed by atoms with E-state index in [0.29, 0.717) is 22.6 Å². The summed E-state index contributed by atoms with van der Waals surface area (Å²) < 4.78 is 27.4. The molecule has 0 fully saturated rings. The van der Waals surface area contributed by atoms with E-state index in [-0.39, 0.29) is 24.9 Å². The summed E-state index contributed by atoms with van der Waals surface area (Å²) in [5.41, 5.74) is 2.45. The standard InChI is InChI=1S/C16H27N3O3S/c1-11-8-12(2)16(13(3)9-11)23(21,22)19-7-6-15(20)18-10-14(4)17-5/h8-9,14,17,19H,6-7,10H2,1-5H3,(H,18,20). The molecule has 0 radical (unpaired) electrons. The summed E-state index contributed by atoms with van der Waals surface area (Å²) in [4.78, 5) is 12.0. The third-order valence-corrected chi connectivity index (χ3v) is 5.38. The maximum absolute atomic E-state index is 12.4. The second-order valence-electron chi connectivity index (χ2n) is 5.87. The molecule has 1 rings (SSSR count). The molecular formula is C16H27N3O3S. The van der Waals surface area contributed by atoms with E-state index < -0.39 is 10.0 Å². The number of likely N-dealkylation sites (N-methyl/N-ethyl adjacent to an activating group) is 1. The van der Waals surface area contributed by atoms with E-state index in [9.17, 15) is 13.2 Å².